The van der Waals surface area contributed by atoms with Crippen molar-refractivity contribution in [2.75, 3.05) is 25.0 Å². The molecular formula is C15H23BrN2O. The Balaban J connectivity index is 2.12. The molecule has 1 atom stereocenters. The van der Waals surface area contributed by atoms with Crippen LogP contribution in [0.25, 0.3) is 0 Å². The summed E-state index contributed by atoms with van der Waals surface area (Å²) in [5, 5.41) is 13.3. The zero-order valence-electron chi connectivity index (χ0n) is 11.9. The summed E-state index contributed by atoms with van der Waals surface area (Å²) >= 11 is 3.66. The van der Waals surface area contributed by atoms with Crippen LogP contribution in [0.15, 0.2) is 22.7 Å². The number of aliphatic hydroxyl groups is 1. The fourth-order valence-electron chi connectivity index (χ4n) is 2.47. The largest absolute Gasteiger partial charge is 0.390 e. The number of hydrogen-bond donors (Lipinski definition) is 2. The highest BCUT2D eigenvalue weighted by molar-refractivity contribution is 9.10. The summed E-state index contributed by atoms with van der Waals surface area (Å²) in [6, 6.07) is 6.87. The number of nitrogens with one attached hydrogen (secondary N) is 1. The van der Waals surface area contributed by atoms with E-state index in [0.29, 0.717) is 6.04 Å². The van der Waals surface area contributed by atoms with Crippen LogP contribution >= 0.6 is 15.9 Å². The quantitative estimate of drug-likeness (QED) is 0.896. The van der Waals surface area contributed by atoms with Crippen LogP contribution in [0.1, 0.15) is 38.3 Å². The van der Waals surface area contributed by atoms with Crippen LogP contribution in [-0.4, -0.2) is 30.8 Å². The van der Waals surface area contributed by atoms with Gasteiger partial charge < -0.3 is 15.3 Å². The lowest BCUT2D eigenvalue weighted by atomic mass is 9.93. The summed E-state index contributed by atoms with van der Waals surface area (Å²) in [6.07, 6.45) is 1.67. The minimum atomic E-state index is -0.492. The molecule has 4 heteroatoms. The average molecular weight is 327 g/mol. The predicted octanol–water partition coefficient (Wildman–Crippen LogP) is 3.08. The van der Waals surface area contributed by atoms with Gasteiger partial charge in [0.25, 0.3) is 0 Å². The summed E-state index contributed by atoms with van der Waals surface area (Å²) < 4.78 is 1.14. The van der Waals surface area contributed by atoms with Gasteiger partial charge in [-0.2, -0.15) is 0 Å². The maximum atomic E-state index is 10.00. The minimum absolute atomic E-state index is 0.338. The Labute approximate surface area is 124 Å². The highest BCUT2D eigenvalue weighted by Gasteiger charge is 2.27. The first kappa shape index (κ1) is 14.8. The van der Waals surface area contributed by atoms with Crippen molar-refractivity contribution in [2.45, 2.75) is 38.3 Å². The van der Waals surface area contributed by atoms with Gasteiger partial charge in [0, 0.05) is 29.3 Å². The molecule has 19 heavy (non-hydrogen) atoms. The molecule has 106 valence electrons. The summed E-state index contributed by atoms with van der Waals surface area (Å²) in [6.45, 7) is 5.91. The maximum absolute atomic E-state index is 10.00. The van der Waals surface area contributed by atoms with Crippen molar-refractivity contribution in [1.29, 1.82) is 0 Å². The third kappa shape index (κ3) is 3.50. The number of halogens is 1. The lowest BCUT2D eigenvalue weighted by Crippen LogP contribution is -2.42. The second kappa shape index (κ2) is 5.81. The van der Waals surface area contributed by atoms with E-state index >= 15 is 0 Å². The first-order chi connectivity index (χ1) is 8.93. The van der Waals surface area contributed by atoms with Gasteiger partial charge in [0.1, 0.15) is 0 Å². The van der Waals surface area contributed by atoms with Crippen LogP contribution in [0, 0.1) is 0 Å². The van der Waals surface area contributed by atoms with Crippen LogP contribution in [0.5, 0.6) is 0 Å². The Kier molecular flexibility index (Phi) is 4.54. The monoisotopic (exact) mass is 326 g/mol. The van der Waals surface area contributed by atoms with Crippen molar-refractivity contribution in [3.8, 4) is 0 Å². The molecule has 1 heterocycles. The number of hydrogen-bond acceptors (Lipinski definition) is 3. The van der Waals surface area contributed by atoms with Crippen LogP contribution in [0.2, 0.25) is 0 Å². The second-order valence-corrected chi connectivity index (χ2v) is 6.55. The smallest absolute Gasteiger partial charge is 0.0653 e. The van der Waals surface area contributed by atoms with E-state index in [0.717, 1.165) is 30.4 Å². The Bertz CT molecular complexity index is 438. The molecule has 0 spiro atoms. The van der Waals surface area contributed by atoms with Crippen molar-refractivity contribution in [3.05, 3.63) is 28.2 Å². The molecule has 1 saturated heterocycles. The molecular weight excluding hydrogens is 304 g/mol. The number of nitrogens with zero attached hydrogens (tertiary/aromatic N) is 1. The van der Waals surface area contributed by atoms with Crippen molar-refractivity contribution in [1.82, 2.24) is 5.32 Å². The van der Waals surface area contributed by atoms with Crippen molar-refractivity contribution >= 4 is 21.6 Å². The van der Waals surface area contributed by atoms with Gasteiger partial charge >= 0.3 is 0 Å². The molecule has 1 fully saturated rings. The molecule has 1 aromatic rings. The van der Waals surface area contributed by atoms with Gasteiger partial charge in [-0.05, 0) is 51.4 Å². The Morgan fingerprint density at radius 1 is 1.37 bits per heavy atom. The molecule has 2 rings (SSSR count). The van der Waals surface area contributed by atoms with E-state index in [4.69, 9.17) is 0 Å². The first-order valence-electron chi connectivity index (χ1n) is 6.87. The Morgan fingerprint density at radius 2 is 2.00 bits per heavy atom. The Hall–Kier alpha value is -0.580. The van der Waals surface area contributed by atoms with Crippen LogP contribution in [-0.2, 0) is 0 Å². The maximum Gasteiger partial charge on any atom is 0.0653 e. The van der Waals surface area contributed by atoms with Crippen LogP contribution in [0.3, 0.4) is 0 Å². The van der Waals surface area contributed by atoms with Gasteiger partial charge in [-0.3, -0.25) is 0 Å². The van der Waals surface area contributed by atoms with Crippen molar-refractivity contribution < 1.29 is 5.11 Å². The van der Waals surface area contributed by atoms with E-state index in [9.17, 15) is 5.11 Å². The fraction of sp³-hybridized carbons (Fsp3) is 0.600. The molecule has 0 saturated carbocycles. The molecule has 0 radical (unpaired) electrons. The van der Waals surface area contributed by atoms with E-state index in [-0.39, 0.29) is 0 Å². The van der Waals surface area contributed by atoms with Gasteiger partial charge in [0.15, 0.2) is 0 Å². The van der Waals surface area contributed by atoms with Gasteiger partial charge in [0.05, 0.1) is 5.60 Å². The molecule has 0 aromatic heterocycles. The zero-order valence-corrected chi connectivity index (χ0v) is 13.5. The first-order valence-corrected chi connectivity index (χ1v) is 7.66. The average Bonchev–Trinajstić information content (AvgIpc) is 2.37. The summed E-state index contributed by atoms with van der Waals surface area (Å²) in [7, 11) is 1.97. The topological polar surface area (TPSA) is 35.5 Å². The normalized spacial score (nSPS) is 20.4. The highest BCUT2D eigenvalue weighted by atomic mass is 79.9. The zero-order chi connectivity index (χ0) is 14.0. The van der Waals surface area contributed by atoms with Crippen molar-refractivity contribution in [3.63, 3.8) is 0 Å². The molecule has 1 aromatic carbocycles. The fourth-order valence-corrected chi connectivity index (χ4v) is 3.18. The van der Waals surface area contributed by atoms with E-state index in [2.05, 4.69) is 51.3 Å². The lowest BCUT2D eigenvalue weighted by Gasteiger charge is -2.37. The van der Waals surface area contributed by atoms with Gasteiger partial charge in [-0.1, -0.05) is 22.0 Å². The predicted molar refractivity (Wildman–Crippen MR) is 83.7 cm³/mol. The van der Waals surface area contributed by atoms with Gasteiger partial charge in [0.2, 0.25) is 0 Å². The summed E-state index contributed by atoms with van der Waals surface area (Å²) in [5.74, 6) is 0. The summed E-state index contributed by atoms with van der Waals surface area (Å²) in [5.41, 5.74) is 2.01. The molecule has 0 aliphatic carbocycles. The van der Waals surface area contributed by atoms with E-state index < -0.39 is 5.60 Å². The SMILES string of the molecule is CNC(C)c1ccc(N2CCC(C)(O)CC2)cc1Br. The van der Waals surface area contributed by atoms with Gasteiger partial charge in [-0.25, -0.2) is 0 Å². The third-order valence-electron chi connectivity index (χ3n) is 4.09. The van der Waals surface area contributed by atoms with Crippen LogP contribution in [0.4, 0.5) is 5.69 Å². The summed E-state index contributed by atoms with van der Waals surface area (Å²) in [4.78, 5) is 2.34. The highest BCUT2D eigenvalue weighted by Crippen LogP contribution is 2.31. The van der Waals surface area contributed by atoms with Crippen LogP contribution < -0.4 is 10.2 Å². The molecule has 0 amide bonds. The van der Waals surface area contributed by atoms with Gasteiger partial charge in [-0.15, -0.1) is 0 Å². The second-order valence-electron chi connectivity index (χ2n) is 5.70. The number of anilines is 1. The van der Waals surface area contributed by atoms with E-state index in [1.807, 2.05) is 14.0 Å². The molecule has 0 bridgehead atoms. The number of piperidine rings is 1. The lowest BCUT2D eigenvalue weighted by molar-refractivity contribution is 0.0351. The minimum Gasteiger partial charge on any atom is -0.390 e. The number of rotatable bonds is 3. The third-order valence-corrected chi connectivity index (χ3v) is 4.78. The molecule has 1 aliphatic heterocycles. The Morgan fingerprint density at radius 3 is 2.53 bits per heavy atom. The standard InChI is InChI=1S/C15H23BrN2O/c1-11(17-3)13-5-4-12(10-14(13)16)18-8-6-15(2,19)7-9-18/h4-5,10-11,17,19H,6-9H2,1-3H3. The van der Waals surface area contributed by atoms with Crippen molar-refractivity contribution in [2.24, 2.45) is 0 Å². The molecule has 3 nitrogen and oxygen atoms in total. The molecule has 1 unspecified atom stereocenters. The molecule has 1 aliphatic rings. The number of benzene rings is 1. The van der Waals surface area contributed by atoms with E-state index in [1.54, 1.807) is 0 Å². The van der Waals surface area contributed by atoms with E-state index in [1.165, 1.54) is 11.3 Å². The molecule has 2 N–H and O–H groups in total.